The summed E-state index contributed by atoms with van der Waals surface area (Å²) in [5.41, 5.74) is 2.58. The molecule has 0 heterocycles. The maximum Gasteiger partial charge on any atom is 0.0713 e. The lowest BCUT2D eigenvalue weighted by Gasteiger charge is -2.08. The van der Waals surface area contributed by atoms with Crippen LogP contribution in [0.15, 0.2) is 24.3 Å². The average molecular weight is 235 g/mol. The molecule has 2 nitrogen and oxygen atoms in total. The Labute approximate surface area is 105 Å². The molecule has 2 heteroatoms. The van der Waals surface area contributed by atoms with Gasteiger partial charge in [0.05, 0.1) is 6.61 Å². The standard InChI is InChI=1S/C15H25NO/c1-13(2)6-5-9-16-11-14-7-4-8-15(10-14)12-17-3/h4,7-8,10,13,16H,5-6,9,11-12H2,1-3H3. The molecule has 0 fully saturated rings. The number of methoxy groups -OCH3 is 1. The van der Waals surface area contributed by atoms with Crippen LogP contribution < -0.4 is 5.32 Å². The van der Waals surface area contributed by atoms with Crippen LogP contribution in [0.5, 0.6) is 0 Å². The first-order chi connectivity index (χ1) is 8.22. The molecule has 0 amide bonds. The van der Waals surface area contributed by atoms with Crippen LogP contribution in [-0.4, -0.2) is 13.7 Å². The lowest BCUT2D eigenvalue weighted by molar-refractivity contribution is 0.185. The van der Waals surface area contributed by atoms with E-state index in [1.807, 2.05) is 0 Å². The van der Waals surface area contributed by atoms with Crippen molar-refractivity contribution in [1.82, 2.24) is 5.32 Å². The van der Waals surface area contributed by atoms with Gasteiger partial charge < -0.3 is 10.1 Å². The van der Waals surface area contributed by atoms with Gasteiger partial charge >= 0.3 is 0 Å². The van der Waals surface area contributed by atoms with E-state index < -0.39 is 0 Å². The van der Waals surface area contributed by atoms with Gasteiger partial charge in [-0.3, -0.25) is 0 Å². The van der Waals surface area contributed by atoms with E-state index in [4.69, 9.17) is 4.74 Å². The zero-order valence-corrected chi connectivity index (χ0v) is 11.3. The molecule has 0 saturated heterocycles. The van der Waals surface area contributed by atoms with Crippen molar-refractivity contribution in [3.63, 3.8) is 0 Å². The molecule has 96 valence electrons. The van der Waals surface area contributed by atoms with Crippen molar-refractivity contribution >= 4 is 0 Å². The second kappa shape index (κ2) is 8.26. The lowest BCUT2D eigenvalue weighted by atomic mass is 10.1. The summed E-state index contributed by atoms with van der Waals surface area (Å²) in [6.07, 6.45) is 2.56. The van der Waals surface area contributed by atoms with Crippen LogP contribution in [0.3, 0.4) is 0 Å². The summed E-state index contributed by atoms with van der Waals surface area (Å²) in [6, 6.07) is 8.57. The fraction of sp³-hybridized carbons (Fsp3) is 0.600. The Kier molecular flexibility index (Phi) is 6.90. The maximum absolute atomic E-state index is 5.13. The predicted octanol–water partition coefficient (Wildman–Crippen LogP) is 3.36. The third-order valence-corrected chi connectivity index (χ3v) is 2.77. The maximum atomic E-state index is 5.13. The lowest BCUT2D eigenvalue weighted by Crippen LogP contribution is -2.15. The topological polar surface area (TPSA) is 21.3 Å². The van der Waals surface area contributed by atoms with E-state index in [9.17, 15) is 0 Å². The zero-order valence-electron chi connectivity index (χ0n) is 11.3. The van der Waals surface area contributed by atoms with Crippen LogP contribution in [0.25, 0.3) is 0 Å². The Bertz CT molecular complexity index is 310. The van der Waals surface area contributed by atoms with Crippen LogP contribution >= 0.6 is 0 Å². The summed E-state index contributed by atoms with van der Waals surface area (Å²) in [4.78, 5) is 0. The molecule has 0 radical (unpaired) electrons. The normalized spacial score (nSPS) is 11.1. The quantitative estimate of drug-likeness (QED) is 0.698. The van der Waals surface area contributed by atoms with Crippen LogP contribution in [0.1, 0.15) is 37.8 Å². The molecule has 1 aromatic carbocycles. The molecule has 1 N–H and O–H groups in total. The van der Waals surface area contributed by atoms with Gasteiger partial charge in [-0.15, -0.1) is 0 Å². The molecule has 1 rings (SSSR count). The van der Waals surface area contributed by atoms with E-state index in [0.29, 0.717) is 6.61 Å². The van der Waals surface area contributed by atoms with Gasteiger partial charge in [-0.2, -0.15) is 0 Å². The molecule has 17 heavy (non-hydrogen) atoms. The van der Waals surface area contributed by atoms with Crippen LogP contribution in [0.4, 0.5) is 0 Å². The molecule has 0 aliphatic heterocycles. The number of hydrogen-bond acceptors (Lipinski definition) is 2. The largest absolute Gasteiger partial charge is 0.380 e. The minimum absolute atomic E-state index is 0.696. The van der Waals surface area contributed by atoms with Gasteiger partial charge in [0.1, 0.15) is 0 Å². The van der Waals surface area contributed by atoms with Crippen molar-refractivity contribution in [3.8, 4) is 0 Å². The number of hydrogen-bond donors (Lipinski definition) is 1. The van der Waals surface area contributed by atoms with E-state index >= 15 is 0 Å². The van der Waals surface area contributed by atoms with Crippen molar-refractivity contribution in [3.05, 3.63) is 35.4 Å². The van der Waals surface area contributed by atoms with Gasteiger partial charge in [0.2, 0.25) is 0 Å². The number of rotatable bonds is 8. The van der Waals surface area contributed by atoms with Crippen LogP contribution in [0.2, 0.25) is 0 Å². The fourth-order valence-electron chi connectivity index (χ4n) is 1.86. The second-order valence-corrected chi connectivity index (χ2v) is 4.97. The first kappa shape index (κ1) is 14.2. The van der Waals surface area contributed by atoms with Crippen molar-refractivity contribution in [2.45, 2.75) is 39.8 Å². The molecule has 1 aromatic rings. The summed E-state index contributed by atoms with van der Waals surface area (Å²) in [6.45, 7) is 7.30. The molecule has 0 aliphatic carbocycles. The molecular weight excluding hydrogens is 210 g/mol. The Hall–Kier alpha value is -0.860. The highest BCUT2D eigenvalue weighted by atomic mass is 16.5. The first-order valence-corrected chi connectivity index (χ1v) is 6.50. The van der Waals surface area contributed by atoms with Crippen molar-refractivity contribution in [2.75, 3.05) is 13.7 Å². The molecule has 0 aliphatic rings. The SMILES string of the molecule is COCc1cccc(CNCCCC(C)C)c1. The number of ether oxygens (including phenoxy) is 1. The smallest absolute Gasteiger partial charge is 0.0713 e. The monoisotopic (exact) mass is 235 g/mol. The van der Waals surface area contributed by atoms with E-state index in [2.05, 4.69) is 43.4 Å². The summed E-state index contributed by atoms with van der Waals surface area (Å²) >= 11 is 0. The minimum atomic E-state index is 0.696. The molecule has 0 spiro atoms. The Balaban J connectivity index is 2.24. The zero-order chi connectivity index (χ0) is 12.5. The van der Waals surface area contributed by atoms with Gasteiger partial charge in [0, 0.05) is 13.7 Å². The minimum Gasteiger partial charge on any atom is -0.380 e. The van der Waals surface area contributed by atoms with Crippen molar-refractivity contribution in [2.24, 2.45) is 5.92 Å². The molecule has 0 atom stereocenters. The van der Waals surface area contributed by atoms with E-state index in [-0.39, 0.29) is 0 Å². The molecular formula is C15H25NO. The fourth-order valence-corrected chi connectivity index (χ4v) is 1.86. The third-order valence-electron chi connectivity index (χ3n) is 2.77. The predicted molar refractivity (Wildman–Crippen MR) is 72.9 cm³/mol. The summed E-state index contributed by atoms with van der Waals surface area (Å²) in [5.74, 6) is 0.807. The van der Waals surface area contributed by atoms with Crippen LogP contribution in [0, 0.1) is 5.92 Å². The average Bonchev–Trinajstić information content (AvgIpc) is 2.29. The van der Waals surface area contributed by atoms with Crippen LogP contribution in [-0.2, 0) is 17.9 Å². The van der Waals surface area contributed by atoms with Crippen molar-refractivity contribution < 1.29 is 4.74 Å². The van der Waals surface area contributed by atoms with E-state index in [1.165, 1.54) is 24.0 Å². The third kappa shape index (κ3) is 6.44. The summed E-state index contributed by atoms with van der Waals surface area (Å²) in [5, 5.41) is 3.49. The molecule has 0 unspecified atom stereocenters. The highest BCUT2D eigenvalue weighted by Gasteiger charge is 1.97. The molecule has 0 saturated carbocycles. The Morgan fingerprint density at radius 1 is 1.24 bits per heavy atom. The summed E-state index contributed by atoms with van der Waals surface area (Å²) < 4.78 is 5.13. The Morgan fingerprint density at radius 3 is 2.71 bits per heavy atom. The van der Waals surface area contributed by atoms with Gasteiger partial charge in [-0.25, -0.2) is 0 Å². The Morgan fingerprint density at radius 2 is 2.00 bits per heavy atom. The van der Waals surface area contributed by atoms with E-state index in [1.54, 1.807) is 7.11 Å². The molecule has 0 bridgehead atoms. The molecule has 0 aromatic heterocycles. The van der Waals surface area contributed by atoms with Gasteiger partial charge in [-0.05, 0) is 36.4 Å². The van der Waals surface area contributed by atoms with Gasteiger partial charge in [-0.1, -0.05) is 38.1 Å². The number of benzene rings is 1. The summed E-state index contributed by atoms with van der Waals surface area (Å²) in [7, 11) is 1.73. The second-order valence-electron chi connectivity index (χ2n) is 4.97. The highest BCUT2D eigenvalue weighted by Crippen LogP contribution is 2.06. The van der Waals surface area contributed by atoms with E-state index in [0.717, 1.165) is 19.0 Å². The van der Waals surface area contributed by atoms with Gasteiger partial charge in [0.25, 0.3) is 0 Å². The van der Waals surface area contributed by atoms with Crippen molar-refractivity contribution in [1.29, 1.82) is 0 Å². The highest BCUT2D eigenvalue weighted by molar-refractivity contribution is 5.22. The number of nitrogens with one attached hydrogen (secondary N) is 1. The van der Waals surface area contributed by atoms with Gasteiger partial charge in [0.15, 0.2) is 0 Å². The first-order valence-electron chi connectivity index (χ1n) is 6.50.